The summed E-state index contributed by atoms with van der Waals surface area (Å²) < 4.78 is -0.374. The topological polar surface area (TPSA) is 53.8 Å². The molecular weight excluding hydrogens is 192 g/mol. The average molecular weight is 204 g/mol. The summed E-state index contributed by atoms with van der Waals surface area (Å²) in [6.07, 6.45) is 1.94. The van der Waals surface area contributed by atoms with Gasteiger partial charge in [-0.25, -0.2) is 4.76 Å². The van der Waals surface area contributed by atoms with Crippen molar-refractivity contribution < 1.29 is 0 Å². The van der Waals surface area contributed by atoms with Crippen LogP contribution in [0.4, 0.5) is 0 Å². The van der Waals surface area contributed by atoms with Crippen LogP contribution in [0.2, 0.25) is 0 Å². The second kappa shape index (κ2) is 3.01. The van der Waals surface area contributed by atoms with E-state index in [1.807, 2.05) is 24.3 Å². The molecule has 1 aromatic carbocycles. The van der Waals surface area contributed by atoms with Crippen LogP contribution in [0.3, 0.4) is 0 Å². The van der Waals surface area contributed by atoms with Gasteiger partial charge in [-0.3, -0.25) is 0 Å². The SMILES string of the molecule is [O-][N+]1(n2nnc3ccccc32)CCCC1. The largest absolute Gasteiger partial charge is 0.605 e. The first-order chi connectivity index (χ1) is 7.30. The molecule has 0 unspecified atom stereocenters. The lowest BCUT2D eigenvalue weighted by Gasteiger charge is -2.35. The van der Waals surface area contributed by atoms with Gasteiger partial charge in [0, 0.05) is 12.8 Å². The van der Waals surface area contributed by atoms with E-state index in [1.165, 1.54) is 4.79 Å². The van der Waals surface area contributed by atoms with Crippen molar-refractivity contribution in [1.82, 2.24) is 19.9 Å². The number of rotatable bonds is 1. The minimum Gasteiger partial charge on any atom is -0.605 e. The van der Waals surface area contributed by atoms with Crippen molar-refractivity contribution in [1.29, 1.82) is 0 Å². The summed E-state index contributed by atoms with van der Waals surface area (Å²) in [5, 5.41) is 20.4. The fraction of sp³-hybridized carbons (Fsp3) is 0.400. The summed E-state index contributed by atoms with van der Waals surface area (Å²) in [7, 11) is 0. The van der Waals surface area contributed by atoms with Crippen molar-refractivity contribution >= 4 is 11.0 Å². The van der Waals surface area contributed by atoms with E-state index in [1.54, 1.807) is 0 Å². The minimum absolute atomic E-state index is 0.374. The van der Waals surface area contributed by atoms with Gasteiger partial charge in [-0.1, -0.05) is 16.9 Å². The van der Waals surface area contributed by atoms with Crippen LogP contribution in [-0.2, 0) is 0 Å². The zero-order valence-corrected chi connectivity index (χ0v) is 8.33. The number of benzene rings is 1. The molecule has 1 aliphatic rings. The second-order valence-corrected chi connectivity index (χ2v) is 3.97. The van der Waals surface area contributed by atoms with Crippen LogP contribution in [0.25, 0.3) is 11.0 Å². The highest BCUT2D eigenvalue weighted by Gasteiger charge is 2.28. The molecule has 5 nitrogen and oxygen atoms in total. The summed E-state index contributed by atoms with van der Waals surface area (Å²) in [5.41, 5.74) is 1.62. The molecule has 0 bridgehead atoms. The lowest BCUT2D eigenvalue weighted by Crippen LogP contribution is -2.50. The van der Waals surface area contributed by atoms with Gasteiger partial charge in [-0.2, -0.15) is 0 Å². The van der Waals surface area contributed by atoms with Crippen molar-refractivity contribution in [3.63, 3.8) is 0 Å². The first-order valence-corrected chi connectivity index (χ1v) is 5.19. The first kappa shape index (κ1) is 8.82. The Morgan fingerprint density at radius 2 is 1.93 bits per heavy atom. The lowest BCUT2D eigenvalue weighted by atomic mass is 10.3. The maximum Gasteiger partial charge on any atom is 0.145 e. The Labute approximate surface area is 87.1 Å². The Bertz CT molecular complexity index is 487. The van der Waals surface area contributed by atoms with Crippen LogP contribution in [0.5, 0.6) is 0 Å². The Morgan fingerprint density at radius 3 is 2.73 bits per heavy atom. The molecule has 0 aliphatic carbocycles. The van der Waals surface area contributed by atoms with Crippen LogP contribution >= 0.6 is 0 Å². The Balaban J connectivity index is 2.18. The van der Waals surface area contributed by atoms with Gasteiger partial charge in [0.1, 0.15) is 24.1 Å². The van der Waals surface area contributed by atoms with E-state index >= 15 is 0 Å². The quantitative estimate of drug-likeness (QED) is 0.517. The van der Waals surface area contributed by atoms with E-state index < -0.39 is 0 Å². The van der Waals surface area contributed by atoms with Gasteiger partial charge in [-0.05, 0) is 17.3 Å². The second-order valence-electron chi connectivity index (χ2n) is 3.97. The number of fused-ring (bicyclic) bond motifs is 1. The summed E-state index contributed by atoms with van der Waals surface area (Å²) in [5.74, 6) is 0. The van der Waals surface area contributed by atoms with Crippen LogP contribution in [-0.4, -0.2) is 28.2 Å². The van der Waals surface area contributed by atoms with Crippen molar-refractivity contribution in [2.75, 3.05) is 13.1 Å². The summed E-state index contributed by atoms with van der Waals surface area (Å²) in [4.78, 5) is 1.50. The Kier molecular flexibility index (Phi) is 1.77. The van der Waals surface area contributed by atoms with Crippen molar-refractivity contribution in [3.8, 4) is 0 Å². The molecule has 0 atom stereocenters. The van der Waals surface area contributed by atoms with Crippen LogP contribution in [0.1, 0.15) is 12.8 Å². The van der Waals surface area contributed by atoms with Crippen molar-refractivity contribution in [3.05, 3.63) is 29.5 Å². The molecule has 0 amide bonds. The molecular formula is C10H12N4O. The molecule has 78 valence electrons. The van der Waals surface area contributed by atoms with E-state index in [2.05, 4.69) is 10.3 Å². The number of aromatic nitrogens is 3. The fourth-order valence-electron chi connectivity index (χ4n) is 2.14. The highest BCUT2D eigenvalue weighted by atomic mass is 16.6. The van der Waals surface area contributed by atoms with E-state index in [0.29, 0.717) is 13.1 Å². The maximum atomic E-state index is 12.4. The maximum absolute atomic E-state index is 12.4. The summed E-state index contributed by atoms with van der Waals surface area (Å²) in [6.45, 7) is 1.21. The van der Waals surface area contributed by atoms with Gasteiger partial charge in [0.15, 0.2) is 0 Å². The number of para-hydroxylation sites is 1. The molecule has 5 heteroatoms. The summed E-state index contributed by atoms with van der Waals surface area (Å²) >= 11 is 0. The van der Waals surface area contributed by atoms with Gasteiger partial charge in [-0.15, -0.1) is 5.10 Å². The predicted octanol–water partition coefficient (Wildman–Crippen LogP) is 1.16. The van der Waals surface area contributed by atoms with Crippen LogP contribution in [0.15, 0.2) is 24.3 Å². The van der Waals surface area contributed by atoms with Gasteiger partial charge in [0.2, 0.25) is 0 Å². The van der Waals surface area contributed by atoms with Crippen LogP contribution in [0, 0.1) is 5.21 Å². The van der Waals surface area contributed by atoms with Crippen LogP contribution < -0.4 is 4.76 Å². The zero-order valence-electron chi connectivity index (χ0n) is 8.33. The van der Waals surface area contributed by atoms with E-state index in [9.17, 15) is 5.21 Å². The third-order valence-corrected chi connectivity index (χ3v) is 2.94. The molecule has 2 heterocycles. The first-order valence-electron chi connectivity index (χ1n) is 5.19. The Morgan fingerprint density at radius 1 is 1.20 bits per heavy atom. The molecule has 3 rings (SSSR count). The normalized spacial score (nSPS) is 19.8. The van der Waals surface area contributed by atoms with Crippen molar-refractivity contribution in [2.24, 2.45) is 0 Å². The van der Waals surface area contributed by atoms with E-state index in [-0.39, 0.29) is 4.76 Å². The third-order valence-electron chi connectivity index (χ3n) is 2.94. The summed E-state index contributed by atoms with van der Waals surface area (Å²) in [6, 6.07) is 7.58. The van der Waals surface area contributed by atoms with Gasteiger partial charge in [0.25, 0.3) is 0 Å². The standard InChI is InChI=1S/C10H12N4O/c15-14(7-3-4-8-14)13-10-6-2-1-5-9(10)11-12-13/h1-2,5-6H,3-4,7-8H2. The molecule has 0 radical (unpaired) electrons. The number of quaternary nitrogens is 1. The molecule has 2 aromatic rings. The molecule has 1 aromatic heterocycles. The molecule has 1 aliphatic heterocycles. The van der Waals surface area contributed by atoms with Crippen molar-refractivity contribution in [2.45, 2.75) is 12.8 Å². The zero-order chi connectivity index (χ0) is 10.3. The van der Waals surface area contributed by atoms with Gasteiger partial charge >= 0.3 is 0 Å². The number of hydrogen-bond acceptors (Lipinski definition) is 3. The smallest absolute Gasteiger partial charge is 0.145 e. The predicted molar refractivity (Wildman–Crippen MR) is 57.4 cm³/mol. The average Bonchev–Trinajstić information content (AvgIpc) is 2.84. The minimum atomic E-state index is -0.374. The van der Waals surface area contributed by atoms with E-state index in [4.69, 9.17) is 0 Å². The fourth-order valence-corrected chi connectivity index (χ4v) is 2.14. The lowest BCUT2D eigenvalue weighted by molar-refractivity contribution is 0.216. The molecule has 0 N–H and O–H groups in total. The molecule has 15 heavy (non-hydrogen) atoms. The highest BCUT2D eigenvalue weighted by molar-refractivity contribution is 5.74. The third kappa shape index (κ3) is 1.24. The highest BCUT2D eigenvalue weighted by Crippen LogP contribution is 2.19. The molecule has 0 spiro atoms. The van der Waals surface area contributed by atoms with E-state index in [0.717, 1.165) is 23.9 Å². The van der Waals surface area contributed by atoms with Gasteiger partial charge in [0.05, 0.1) is 0 Å². The number of nitrogens with zero attached hydrogens (tertiary/aromatic N) is 4. The van der Waals surface area contributed by atoms with Gasteiger partial charge < -0.3 is 5.21 Å². The molecule has 0 saturated carbocycles. The monoisotopic (exact) mass is 204 g/mol. The molecule has 1 fully saturated rings. The molecule has 1 saturated heterocycles. The number of hydroxylamine groups is 2. The number of hydrogen-bond donors (Lipinski definition) is 0. The Hall–Kier alpha value is -1.46.